The van der Waals surface area contributed by atoms with E-state index in [1.807, 2.05) is 48.4 Å². The van der Waals surface area contributed by atoms with Gasteiger partial charge in [-0.2, -0.15) is 0 Å². The number of hydrogen-bond donors (Lipinski definition) is 0. The van der Waals surface area contributed by atoms with Gasteiger partial charge in [-0.1, -0.05) is 12.1 Å². The maximum absolute atomic E-state index is 13.5. The van der Waals surface area contributed by atoms with Crippen LogP contribution >= 0.6 is 0 Å². The largest absolute Gasteiger partial charge is 0.497 e. The van der Waals surface area contributed by atoms with Crippen molar-refractivity contribution in [3.05, 3.63) is 78.2 Å². The molecule has 0 unspecified atom stereocenters. The highest BCUT2D eigenvalue weighted by Gasteiger charge is 2.24. The van der Waals surface area contributed by atoms with Crippen LogP contribution in [0.2, 0.25) is 0 Å². The third-order valence-electron chi connectivity index (χ3n) is 6.24. The summed E-state index contributed by atoms with van der Waals surface area (Å²) in [6, 6.07) is 17.5. The molecule has 0 saturated carbocycles. The van der Waals surface area contributed by atoms with Crippen molar-refractivity contribution < 1.29 is 13.9 Å². The molecule has 0 spiro atoms. The van der Waals surface area contributed by atoms with Crippen LogP contribution in [0.3, 0.4) is 0 Å². The summed E-state index contributed by atoms with van der Waals surface area (Å²) in [5, 5.41) is 4.62. The fourth-order valence-corrected chi connectivity index (χ4v) is 4.26. The number of anilines is 1. The van der Waals surface area contributed by atoms with Crippen LogP contribution in [-0.2, 0) is 11.3 Å². The fourth-order valence-electron chi connectivity index (χ4n) is 4.26. The van der Waals surface area contributed by atoms with E-state index < -0.39 is 0 Å². The first-order chi connectivity index (χ1) is 17.5. The molecule has 1 aliphatic heterocycles. The van der Waals surface area contributed by atoms with E-state index in [0.29, 0.717) is 49.1 Å². The lowest BCUT2D eigenvalue weighted by atomic mass is 10.2. The van der Waals surface area contributed by atoms with E-state index in [1.165, 1.54) is 12.1 Å². The molecule has 0 bridgehead atoms. The quantitative estimate of drug-likeness (QED) is 0.413. The van der Waals surface area contributed by atoms with E-state index in [2.05, 4.69) is 21.0 Å². The Morgan fingerprint density at radius 3 is 2.50 bits per heavy atom. The average Bonchev–Trinajstić information content (AvgIpc) is 3.33. The van der Waals surface area contributed by atoms with Crippen LogP contribution in [0.15, 0.2) is 66.9 Å². The van der Waals surface area contributed by atoms with Gasteiger partial charge in [0.25, 0.3) is 0 Å². The minimum Gasteiger partial charge on any atom is -0.497 e. The second-order valence-corrected chi connectivity index (χ2v) is 8.71. The number of amides is 1. The van der Waals surface area contributed by atoms with Crippen LogP contribution in [0.25, 0.3) is 22.8 Å². The number of hydrogen-bond acceptors (Lipinski definition) is 6. The van der Waals surface area contributed by atoms with Gasteiger partial charge in [-0.05, 0) is 61.0 Å². The zero-order valence-corrected chi connectivity index (χ0v) is 20.3. The third kappa shape index (κ3) is 5.05. The lowest BCUT2D eigenvalue weighted by Crippen LogP contribution is -2.50. The van der Waals surface area contributed by atoms with Crippen LogP contribution in [0, 0.1) is 12.7 Å². The number of pyridine rings is 1. The van der Waals surface area contributed by atoms with Gasteiger partial charge in [-0.15, -0.1) is 5.10 Å². The molecule has 0 aliphatic carbocycles. The first-order valence-electron chi connectivity index (χ1n) is 11.8. The summed E-state index contributed by atoms with van der Waals surface area (Å²) in [5.74, 6) is 2.22. The Kier molecular flexibility index (Phi) is 6.62. The van der Waals surface area contributed by atoms with Crippen molar-refractivity contribution in [2.75, 3.05) is 38.2 Å². The maximum atomic E-state index is 13.5. The van der Waals surface area contributed by atoms with E-state index in [4.69, 9.17) is 9.72 Å². The van der Waals surface area contributed by atoms with Gasteiger partial charge in [0.1, 0.15) is 23.9 Å². The molecule has 3 heterocycles. The Balaban J connectivity index is 1.37. The van der Waals surface area contributed by atoms with Gasteiger partial charge in [0.2, 0.25) is 5.91 Å². The summed E-state index contributed by atoms with van der Waals surface area (Å²) in [6.07, 6.45) is 1.81. The number of halogens is 1. The molecule has 2 aromatic carbocycles. The molecule has 0 atom stereocenters. The monoisotopic (exact) mass is 486 g/mol. The molecule has 1 amide bonds. The Hall–Kier alpha value is -4.27. The van der Waals surface area contributed by atoms with Crippen molar-refractivity contribution in [3.63, 3.8) is 0 Å². The number of methoxy groups -OCH3 is 1. The predicted octanol–water partition coefficient (Wildman–Crippen LogP) is 3.81. The smallest absolute Gasteiger partial charge is 0.244 e. The zero-order chi connectivity index (χ0) is 25.1. The second-order valence-electron chi connectivity index (χ2n) is 8.71. The number of aromatic nitrogens is 4. The highest BCUT2D eigenvalue weighted by Crippen LogP contribution is 2.26. The number of nitrogens with zero attached hydrogens (tertiary/aromatic N) is 6. The van der Waals surface area contributed by atoms with Gasteiger partial charge >= 0.3 is 0 Å². The summed E-state index contributed by atoms with van der Waals surface area (Å²) in [5.41, 5.74) is 2.61. The molecule has 1 saturated heterocycles. The molecule has 0 radical (unpaired) electrons. The highest BCUT2D eigenvalue weighted by molar-refractivity contribution is 5.77. The SMILES string of the molecule is COc1cccc(-c2nc(-c3ccc(F)cc3)nn2CC(=O)N2CCN(c3cc(C)ccn3)CC2)c1. The van der Waals surface area contributed by atoms with Gasteiger partial charge < -0.3 is 14.5 Å². The van der Waals surface area contributed by atoms with Crippen molar-refractivity contribution >= 4 is 11.7 Å². The first kappa shape index (κ1) is 23.5. The summed E-state index contributed by atoms with van der Waals surface area (Å²) in [4.78, 5) is 26.5. The van der Waals surface area contributed by atoms with E-state index in [1.54, 1.807) is 23.9 Å². The van der Waals surface area contributed by atoms with Crippen molar-refractivity contribution in [3.8, 4) is 28.5 Å². The third-order valence-corrected chi connectivity index (χ3v) is 6.24. The molecule has 4 aromatic rings. The number of rotatable bonds is 6. The summed E-state index contributed by atoms with van der Waals surface area (Å²) < 4.78 is 20.4. The number of ether oxygens (including phenoxy) is 1. The molecule has 0 N–H and O–H groups in total. The molecule has 2 aromatic heterocycles. The van der Waals surface area contributed by atoms with Gasteiger partial charge in [0, 0.05) is 43.5 Å². The predicted molar refractivity (Wildman–Crippen MR) is 135 cm³/mol. The molecule has 36 heavy (non-hydrogen) atoms. The van der Waals surface area contributed by atoms with E-state index in [0.717, 1.165) is 16.9 Å². The number of benzene rings is 2. The Morgan fingerprint density at radius 1 is 1.00 bits per heavy atom. The zero-order valence-electron chi connectivity index (χ0n) is 20.3. The molecule has 184 valence electrons. The highest BCUT2D eigenvalue weighted by atomic mass is 19.1. The average molecular weight is 487 g/mol. The van der Waals surface area contributed by atoms with Gasteiger partial charge in [0.15, 0.2) is 11.6 Å². The molecular weight excluding hydrogens is 459 g/mol. The van der Waals surface area contributed by atoms with Crippen molar-refractivity contribution in [2.45, 2.75) is 13.5 Å². The fraction of sp³-hybridized carbons (Fsp3) is 0.259. The summed E-state index contributed by atoms with van der Waals surface area (Å²) >= 11 is 0. The number of carbonyl (C=O) groups is 1. The summed E-state index contributed by atoms with van der Waals surface area (Å²) in [7, 11) is 1.60. The van der Waals surface area contributed by atoms with Crippen LogP contribution in [-0.4, -0.2) is 63.8 Å². The van der Waals surface area contributed by atoms with Crippen LogP contribution < -0.4 is 9.64 Å². The second kappa shape index (κ2) is 10.2. The molecule has 5 rings (SSSR count). The Labute approximate surface area is 209 Å². The van der Waals surface area contributed by atoms with Crippen LogP contribution in [0.1, 0.15) is 5.56 Å². The van der Waals surface area contributed by atoms with Gasteiger partial charge in [-0.25, -0.2) is 19.0 Å². The van der Waals surface area contributed by atoms with Crippen LogP contribution in [0.5, 0.6) is 5.75 Å². The molecule has 9 heteroatoms. The van der Waals surface area contributed by atoms with Gasteiger partial charge in [0.05, 0.1) is 7.11 Å². The maximum Gasteiger partial charge on any atom is 0.244 e. The van der Waals surface area contributed by atoms with Crippen molar-refractivity contribution in [1.82, 2.24) is 24.6 Å². The van der Waals surface area contributed by atoms with E-state index >= 15 is 0 Å². The molecule has 8 nitrogen and oxygen atoms in total. The molecule has 1 aliphatic rings. The van der Waals surface area contributed by atoms with E-state index in [-0.39, 0.29) is 18.3 Å². The molecule has 1 fully saturated rings. The number of piperazine rings is 1. The Morgan fingerprint density at radius 2 is 1.78 bits per heavy atom. The number of carbonyl (C=O) groups excluding carboxylic acids is 1. The normalized spacial score (nSPS) is 13.6. The Bertz CT molecular complexity index is 1360. The van der Waals surface area contributed by atoms with Crippen molar-refractivity contribution in [2.24, 2.45) is 0 Å². The number of aryl methyl sites for hydroxylation is 1. The standard InChI is InChI=1S/C27H27FN6O2/c1-19-10-11-29-24(16-19)32-12-14-33(15-13-32)25(35)18-34-27(21-4-3-5-23(17-21)36-2)30-26(31-34)20-6-8-22(28)9-7-20/h3-11,16-17H,12-15,18H2,1-2H3. The topological polar surface area (TPSA) is 76.4 Å². The van der Waals surface area contributed by atoms with Crippen molar-refractivity contribution in [1.29, 1.82) is 0 Å². The molecular formula is C27H27FN6O2. The minimum atomic E-state index is -0.332. The van der Waals surface area contributed by atoms with Crippen LogP contribution in [0.4, 0.5) is 10.2 Å². The first-order valence-corrected chi connectivity index (χ1v) is 11.8. The lowest BCUT2D eigenvalue weighted by molar-refractivity contribution is -0.132. The van der Waals surface area contributed by atoms with E-state index in [9.17, 15) is 9.18 Å². The summed E-state index contributed by atoms with van der Waals surface area (Å²) in [6.45, 7) is 4.71. The minimum absolute atomic E-state index is 0.0356. The van der Waals surface area contributed by atoms with Gasteiger partial charge in [-0.3, -0.25) is 4.79 Å². The lowest BCUT2D eigenvalue weighted by Gasteiger charge is -2.35.